The van der Waals surface area contributed by atoms with E-state index in [2.05, 4.69) is 20.3 Å². The molecular formula is C24H21N7OS. The van der Waals surface area contributed by atoms with E-state index in [-0.39, 0.29) is 17.6 Å². The van der Waals surface area contributed by atoms with Gasteiger partial charge in [0, 0.05) is 25.2 Å². The first kappa shape index (κ1) is 19.8. The number of hydrogen-bond donors (Lipinski definition) is 0. The SMILES string of the molecule is O=C(c1nc(-c2cccs2)n(-c2ccccc2)n1)N1CCC[C@H](c2nnc3ccccn23)C1. The first-order chi connectivity index (χ1) is 16.3. The molecule has 0 N–H and O–H groups in total. The number of nitrogens with zero attached hydrogens (tertiary/aromatic N) is 7. The molecule has 1 aliphatic rings. The molecule has 5 heterocycles. The summed E-state index contributed by atoms with van der Waals surface area (Å²) in [6.45, 7) is 1.25. The topological polar surface area (TPSA) is 81.2 Å². The molecule has 0 radical (unpaired) electrons. The summed E-state index contributed by atoms with van der Waals surface area (Å²) in [6, 6.07) is 19.6. The Morgan fingerprint density at radius 1 is 1.00 bits per heavy atom. The van der Waals surface area contributed by atoms with Crippen molar-refractivity contribution >= 4 is 22.9 Å². The van der Waals surface area contributed by atoms with Gasteiger partial charge in [0.15, 0.2) is 11.5 Å². The third kappa shape index (κ3) is 3.60. The van der Waals surface area contributed by atoms with Crippen LogP contribution in [0.2, 0.25) is 0 Å². The summed E-state index contributed by atoms with van der Waals surface area (Å²) in [5.74, 6) is 1.75. The van der Waals surface area contributed by atoms with Gasteiger partial charge in [-0.2, -0.15) is 0 Å². The Bertz CT molecular complexity index is 1410. The lowest BCUT2D eigenvalue weighted by Crippen LogP contribution is -2.40. The first-order valence-corrected chi connectivity index (χ1v) is 11.8. The molecule has 0 unspecified atom stereocenters. The van der Waals surface area contributed by atoms with Crippen molar-refractivity contribution in [3.63, 3.8) is 0 Å². The molecule has 4 aromatic heterocycles. The molecule has 1 amide bonds. The van der Waals surface area contributed by atoms with Crippen molar-refractivity contribution in [1.82, 2.24) is 34.3 Å². The van der Waals surface area contributed by atoms with Crippen molar-refractivity contribution in [2.75, 3.05) is 13.1 Å². The molecule has 1 saturated heterocycles. The zero-order valence-corrected chi connectivity index (χ0v) is 18.6. The number of pyridine rings is 1. The largest absolute Gasteiger partial charge is 0.335 e. The molecule has 0 aliphatic carbocycles. The molecule has 9 heteroatoms. The zero-order chi connectivity index (χ0) is 22.2. The van der Waals surface area contributed by atoms with E-state index in [1.54, 1.807) is 16.0 Å². The molecule has 0 bridgehead atoms. The van der Waals surface area contributed by atoms with E-state index in [4.69, 9.17) is 0 Å². The van der Waals surface area contributed by atoms with Crippen LogP contribution in [-0.4, -0.2) is 53.3 Å². The van der Waals surface area contributed by atoms with Gasteiger partial charge in [-0.15, -0.1) is 26.6 Å². The van der Waals surface area contributed by atoms with Gasteiger partial charge < -0.3 is 4.90 Å². The third-order valence-corrected chi connectivity index (χ3v) is 6.82. The molecule has 8 nitrogen and oxygen atoms in total. The van der Waals surface area contributed by atoms with Gasteiger partial charge in [-0.1, -0.05) is 30.3 Å². The smallest absolute Gasteiger partial charge is 0.293 e. The van der Waals surface area contributed by atoms with Crippen LogP contribution in [0.5, 0.6) is 0 Å². The Labute approximate surface area is 194 Å². The number of carbonyl (C=O) groups is 1. The lowest BCUT2D eigenvalue weighted by molar-refractivity contribution is 0.0692. The Kier molecular flexibility index (Phi) is 4.95. The normalized spacial score (nSPS) is 16.4. The molecule has 164 valence electrons. The van der Waals surface area contributed by atoms with E-state index in [0.29, 0.717) is 18.9 Å². The molecule has 1 aromatic carbocycles. The summed E-state index contributed by atoms with van der Waals surface area (Å²) in [6.07, 6.45) is 3.84. The van der Waals surface area contributed by atoms with Gasteiger partial charge in [0.1, 0.15) is 5.82 Å². The minimum absolute atomic E-state index is 0.119. The fraction of sp³-hybridized carbons (Fsp3) is 0.208. The quantitative estimate of drug-likeness (QED) is 0.408. The minimum atomic E-state index is -0.152. The van der Waals surface area contributed by atoms with Crippen LogP contribution >= 0.6 is 11.3 Å². The second-order valence-electron chi connectivity index (χ2n) is 8.06. The highest BCUT2D eigenvalue weighted by Crippen LogP contribution is 2.29. The highest BCUT2D eigenvalue weighted by atomic mass is 32.1. The van der Waals surface area contributed by atoms with Crippen LogP contribution in [0.1, 0.15) is 35.2 Å². The van der Waals surface area contributed by atoms with Crippen LogP contribution < -0.4 is 0 Å². The number of piperidine rings is 1. The zero-order valence-electron chi connectivity index (χ0n) is 17.8. The van der Waals surface area contributed by atoms with Crippen LogP contribution in [0, 0.1) is 0 Å². The predicted octanol–water partition coefficient (Wildman–Crippen LogP) is 4.06. The maximum absolute atomic E-state index is 13.5. The standard InChI is InChI=1S/C24H21N7OS/c32-24(29-13-6-8-17(16-29)22-27-26-20-12-4-5-14-30(20)22)21-25-23(19-11-7-15-33-19)31(28-21)18-9-2-1-3-10-18/h1-5,7,9-12,14-15,17H,6,8,13,16H2/t17-/m0/s1. The van der Waals surface area contributed by atoms with E-state index in [0.717, 1.165) is 34.9 Å². The molecular weight excluding hydrogens is 434 g/mol. The van der Waals surface area contributed by atoms with Crippen molar-refractivity contribution in [3.05, 3.63) is 83.9 Å². The number of likely N-dealkylation sites (tertiary alicyclic amines) is 1. The number of carbonyl (C=O) groups excluding carboxylic acids is 1. The van der Waals surface area contributed by atoms with Crippen LogP contribution in [0.25, 0.3) is 22.0 Å². The van der Waals surface area contributed by atoms with Crippen molar-refractivity contribution in [2.24, 2.45) is 0 Å². The Morgan fingerprint density at radius 3 is 2.73 bits per heavy atom. The molecule has 33 heavy (non-hydrogen) atoms. The maximum Gasteiger partial charge on any atom is 0.293 e. The maximum atomic E-state index is 13.5. The number of fused-ring (bicyclic) bond motifs is 1. The van der Waals surface area contributed by atoms with E-state index in [1.165, 1.54) is 0 Å². The molecule has 0 spiro atoms. The molecule has 1 atom stereocenters. The van der Waals surface area contributed by atoms with Crippen molar-refractivity contribution in [1.29, 1.82) is 0 Å². The Hall–Kier alpha value is -3.85. The molecule has 0 saturated carbocycles. The molecule has 6 rings (SSSR count). The molecule has 1 fully saturated rings. The fourth-order valence-corrected chi connectivity index (χ4v) is 5.07. The first-order valence-electron chi connectivity index (χ1n) is 10.9. The summed E-state index contributed by atoms with van der Waals surface area (Å²) in [4.78, 5) is 21.0. The Balaban J connectivity index is 1.32. The number of amides is 1. The van der Waals surface area contributed by atoms with Gasteiger partial charge in [-0.3, -0.25) is 9.20 Å². The van der Waals surface area contributed by atoms with E-state index >= 15 is 0 Å². The van der Waals surface area contributed by atoms with Crippen LogP contribution in [0.4, 0.5) is 0 Å². The number of aromatic nitrogens is 6. The highest BCUT2D eigenvalue weighted by Gasteiger charge is 2.31. The van der Waals surface area contributed by atoms with Gasteiger partial charge in [0.25, 0.3) is 5.91 Å². The number of thiophene rings is 1. The average molecular weight is 456 g/mol. The van der Waals surface area contributed by atoms with Crippen LogP contribution in [0.15, 0.2) is 72.2 Å². The summed E-state index contributed by atoms with van der Waals surface area (Å²) in [5.41, 5.74) is 1.69. The summed E-state index contributed by atoms with van der Waals surface area (Å²) in [5, 5.41) is 15.3. The second kappa shape index (κ2) is 8.25. The lowest BCUT2D eigenvalue weighted by atomic mass is 9.97. The lowest BCUT2D eigenvalue weighted by Gasteiger charge is -2.31. The number of benzene rings is 1. The minimum Gasteiger partial charge on any atom is -0.335 e. The fourth-order valence-electron chi connectivity index (χ4n) is 4.37. The van der Waals surface area contributed by atoms with Crippen molar-refractivity contribution in [2.45, 2.75) is 18.8 Å². The van der Waals surface area contributed by atoms with Crippen molar-refractivity contribution in [3.8, 4) is 16.4 Å². The number of hydrogen-bond acceptors (Lipinski definition) is 6. The summed E-state index contributed by atoms with van der Waals surface area (Å²) >= 11 is 1.58. The van der Waals surface area contributed by atoms with Gasteiger partial charge in [-0.05, 0) is 48.6 Å². The van der Waals surface area contributed by atoms with Gasteiger partial charge in [0.2, 0.25) is 5.82 Å². The predicted molar refractivity (Wildman–Crippen MR) is 126 cm³/mol. The van der Waals surface area contributed by atoms with Gasteiger partial charge in [-0.25, -0.2) is 9.67 Å². The summed E-state index contributed by atoms with van der Waals surface area (Å²) in [7, 11) is 0. The molecule has 1 aliphatic heterocycles. The number of rotatable bonds is 4. The van der Waals surface area contributed by atoms with Gasteiger partial charge >= 0.3 is 0 Å². The van der Waals surface area contributed by atoms with E-state index in [1.807, 2.05) is 81.5 Å². The van der Waals surface area contributed by atoms with E-state index in [9.17, 15) is 4.79 Å². The van der Waals surface area contributed by atoms with Crippen LogP contribution in [0.3, 0.4) is 0 Å². The van der Waals surface area contributed by atoms with E-state index < -0.39 is 0 Å². The third-order valence-electron chi connectivity index (χ3n) is 5.95. The monoisotopic (exact) mass is 455 g/mol. The number of para-hydroxylation sites is 1. The second-order valence-corrected chi connectivity index (χ2v) is 9.01. The summed E-state index contributed by atoms with van der Waals surface area (Å²) < 4.78 is 3.77. The molecule has 5 aromatic rings. The highest BCUT2D eigenvalue weighted by molar-refractivity contribution is 7.13. The average Bonchev–Trinajstić information content (AvgIpc) is 3.63. The van der Waals surface area contributed by atoms with Crippen molar-refractivity contribution < 1.29 is 4.79 Å². The Morgan fingerprint density at radius 2 is 1.88 bits per heavy atom. The van der Waals surface area contributed by atoms with Gasteiger partial charge in [0.05, 0.1) is 10.6 Å². The van der Waals surface area contributed by atoms with Crippen LogP contribution in [-0.2, 0) is 0 Å².